The Hall–Kier alpha value is -1.38. The van der Waals surface area contributed by atoms with Crippen LogP contribution in [0.4, 0.5) is 4.39 Å². The molecular weight excluding hydrogens is 446 g/mol. The molecule has 1 aromatic carbocycles. The zero-order valence-corrected chi connectivity index (χ0v) is 18.2. The molecule has 2 rings (SSSR count). The maximum absolute atomic E-state index is 12.9. The van der Waals surface area contributed by atoms with Gasteiger partial charge >= 0.3 is 0 Å². The molecule has 2 N–H and O–H groups in total. The summed E-state index contributed by atoms with van der Waals surface area (Å²) in [7, 11) is 0. The third kappa shape index (κ3) is 7.47. The van der Waals surface area contributed by atoms with Crippen molar-refractivity contribution in [2.24, 2.45) is 10.4 Å². The number of nitrogens with zero attached hydrogens (tertiary/aromatic N) is 2. The lowest BCUT2D eigenvalue weighted by Crippen LogP contribution is -2.41. The van der Waals surface area contributed by atoms with Gasteiger partial charge in [-0.1, -0.05) is 26.0 Å². The van der Waals surface area contributed by atoms with Gasteiger partial charge < -0.3 is 15.5 Å². The van der Waals surface area contributed by atoms with E-state index in [1.165, 1.54) is 12.1 Å². The van der Waals surface area contributed by atoms with Gasteiger partial charge in [-0.25, -0.2) is 4.39 Å². The number of carbonyl (C=O) groups excluding carboxylic acids is 1. The van der Waals surface area contributed by atoms with Crippen molar-refractivity contribution in [3.63, 3.8) is 0 Å². The standard InChI is InChI=1S/C19H29FN4O.HI/c1-4-21-18(24-12-9-19(2,3)14-24)23-11-10-22-17(25)13-15-5-7-16(20)8-6-15;/h5-8H,4,9-14H2,1-3H3,(H,21,23)(H,22,25);1H. The molecule has 1 aliphatic rings. The van der Waals surface area contributed by atoms with Crippen molar-refractivity contribution in [2.45, 2.75) is 33.6 Å². The maximum atomic E-state index is 12.9. The van der Waals surface area contributed by atoms with Gasteiger partial charge in [0.05, 0.1) is 13.0 Å². The number of likely N-dealkylation sites (tertiary alicyclic amines) is 1. The normalized spacial score (nSPS) is 16.2. The molecule has 1 aromatic rings. The van der Waals surface area contributed by atoms with Crippen molar-refractivity contribution in [3.8, 4) is 0 Å². The number of nitrogens with one attached hydrogen (secondary N) is 2. The first-order valence-electron chi connectivity index (χ1n) is 8.94. The van der Waals surface area contributed by atoms with E-state index in [9.17, 15) is 9.18 Å². The second kappa shape index (κ2) is 10.7. The van der Waals surface area contributed by atoms with Crippen LogP contribution >= 0.6 is 24.0 Å². The van der Waals surface area contributed by atoms with Crippen LogP contribution in [0.15, 0.2) is 29.3 Å². The van der Waals surface area contributed by atoms with E-state index in [0.717, 1.165) is 37.6 Å². The SMILES string of the molecule is CCNC(=NCCNC(=O)Cc1ccc(F)cc1)N1CCC(C)(C)C1.I. The molecular formula is C19H30FIN4O. The highest BCUT2D eigenvalue weighted by atomic mass is 127. The summed E-state index contributed by atoms with van der Waals surface area (Å²) in [5.41, 5.74) is 1.12. The first kappa shape index (κ1) is 22.7. The van der Waals surface area contributed by atoms with Crippen LogP contribution in [-0.4, -0.2) is 49.5 Å². The lowest BCUT2D eigenvalue weighted by molar-refractivity contribution is -0.120. The third-order valence-corrected chi connectivity index (χ3v) is 4.29. The zero-order valence-electron chi connectivity index (χ0n) is 15.8. The van der Waals surface area contributed by atoms with E-state index in [2.05, 4.69) is 41.3 Å². The molecule has 0 unspecified atom stereocenters. The molecule has 0 spiro atoms. The fourth-order valence-electron chi connectivity index (χ4n) is 2.93. The van der Waals surface area contributed by atoms with Gasteiger partial charge in [0, 0.05) is 26.2 Å². The molecule has 7 heteroatoms. The van der Waals surface area contributed by atoms with Crippen LogP contribution in [0.25, 0.3) is 0 Å². The van der Waals surface area contributed by atoms with Gasteiger partial charge in [-0.05, 0) is 36.5 Å². The highest BCUT2D eigenvalue weighted by molar-refractivity contribution is 14.0. The molecule has 0 bridgehead atoms. The van der Waals surface area contributed by atoms with Crippen LogP contribution in [0.5, 0.6) is 0 Å². The fourth-order valence-corrected chi connectivity index (χ4v) is 2.93. The van der Waals surface area contributed by atoms with E-state index >= 15 is 0 Å². The quantitative estimate of drug-likeness (QED) is 0.288. The molecule has 1 fully saturated rings. The second-order valence-corrected chi connectivity index (χ2v) is 7.22. The molecule has 0 aliphatic carbocycles. The average molecular weight is 476 g/mol. The van der Waals surface area contributed by atoms with E-state index in [-0.39, 0.29) is 42.1 Å². The number of carbonyl (C=O) groups is 1. The summed E-state index contributed by atoms with van der Waals surface area (Å²) in [6.45, 7) is 10.5. The Kier molecular flexibility index (Phi) is 9.32. The highest BCUT2D eigenvalue weighted by Crippen LogP contribution is 2.28. The molecule has 1 aliphatic heterocycles. The van der Waals surface area contributed by atoms with E-state index in [4.69, 9.17) is 0 Å². The summed E-state index contributed by atoms with van der Waals surface area (Å²) >= 11 is 0. The topological polar surface area (TPSA) is 56.7 Å². The minimum absolute atomic E-state index is 0. The van der Waals surface area contributed by atoms with Gasteiger partial charge in [0.25, 0.3) is 0 Å². The summed E-state index contributed by atoms with van der Waals surface area (Å²) in [5, 5.41) is 6.19. The number of rotatable bonds is 6. The first-order valence-corrected chi connectivity index (χ1v) is 8.94. The van der Waals surface area contributed by atoms with Crippen molar-refractivity contribution in [1.82, 2.24) is 15.5 Å². The first-order chi connectivity index (χ1) is 11.9. The Bertz CT molecular complexity index is 604. The average Bonchev–Trinajstić information content (AvgIpc) is 2.92. The van der Waals surface area contributed by atoms with Crippen LogP contribution in [0.3, 0.4) is 0 Å². The van der Waals surface area contributed by atoms with Crippen molar-refractivity contribution < 1.29 is 9.18 Å². The van der Waals surface area contributed by atoms with E-state index < -0.39 is 0 Å². The Morgan fingerprint density at radius 1 is 1.27 bits per heavy atom. The van der Waals surface area contributed by atoms with Gasteiger partial charge in [-0.15, -0.1) is 24.0 Å². The number of aliphatic imine (C=N–C) groups is 1. The van der Waals surface area contributed by atoms with Crippen LogP contribution in [0, 0.1) is 11.2 Å². The molecule has 26 heavy (non-hydrogen) atoms. The van der Waals surface area contributed by atoms with Crippen LogP contribution in [-0.2, 0) is 11.2 Å². The Labute approximate surface area is 172 Å². The Morgan fingerprint density at radius 3 is 2.54 bits per heavy atom. The van der Waals surface area contributed by atoms with Gasteiger partial charge in [-0.2, -0.15) is 0 Å². The number of amides is 1. The van der Waals surface area contributed by atoms with Crippen molar-refractivity contribution in [2.75, 3.05) is 32.7 Å². The zero-order chi connectivity index (χ0) is 18.3. The summed E-state index contributed by atoms with van der Waals surface area (Å²) in [6, 6.07) is 6.00. The summed E-state index contributed by atoms with van der Waals surface area (Å²) in [5.74, 6) is 0.550. The van der Waals surface area contributed by atoms with Crippen molar-refractivity contribution in [1.29, 1.82) is 0 Å². The Balaban J connectivity index is 0.00000338. The number of hydrogen-bond donors (Lipinski definition) is 2. The van der Waals surface area contributed by atoms with Crippen LogP contribution in [0.2, 0.25) is 0 Å². The van der Waals surface area contributed by atoms with Crippen molar-refractivity contribution in [3.05, 3.63) is 35.6 Å². The Morgan fingerprint density at radius 2 is 1.96 bits per heavy atom. The van der Waals surface area contributed by atoms with Gasteiger partial charge in [-0.3, -0.25) is 9.79 Å². The number of halogens is 2. The summed E-state index contributed by atoms with van der Waals surface area (Å²) in [6.07, 6.45) is 1.41. The van der Waals surface area contributed by atoms with Crippen molar-refractivity contribution >= 4 is 35.8 Å². The fraction of sp³-hybridized carbons (Fsp3) is 0.579. The molecule has 146 valence electrons. The molecule has 0 aromatic heterocycles. The molecule has 0 radical (unpaired) electrons. The second-order valence-electron chi connectivity index (χ2n) is 7.22. The summed E-state index contributed by atoms with van der Waals surface area (Å²) in [4.78, 5) is 18.8. The maximum Gasteiger partial charge on any atom is 0.224 e. The van der Waals surface area contributed by atoms with Gasteiger partial charge in [0.2, 0.25) is 5.91 Å². The molecule has 1 saturated heterocycles. The van der Waals surface area contributed by atoms with Crippen LogP contribution < -0.4 is 10.6 Å². The molecule has 0 saturated carbocycles. The lowest BCUT2D eigenvalue weighted by Gasteiger charge is -2.23. The monoisotopic (exact) mass is 476 g/mol. The smallest absolute Gasteiger partial charge is 0.224 e. The van der Waals surface area contributed by atoms with E-state index in [1.807, 2.05) is 0 Å². The molecule has 5 nitrogen and oxygen atoms in total. The molecule has 1 amide bonds. The summed E-state index contributed by atoms with van der Waals surface area (Å²) < 4.78 is 12.9. The number of guanidine groups is 1. The van der Waals surface area contributed by atoms with Gasteiger partial charge in [0.1, 0.15) is 5.82 Å². The molecule has 0 atom stereocenters. The highest BCUT2D eigenvalue weighted by Gasteiger charge is 2.30. The minimum Gasteiger partial charge on any atom is -0.357 e. The van der Waals surface area contributed by atoms with E-state index in [0.29, 0.717) is 18.5 Å². The van der Waals surface area contributed by atoms with Gasteiger partial charge in [0.15, 0.2) is 5.96 Å². The molecule has 1 heterocycles. The largest absolute Gasteiger partial charge is 0.357 e. The predicted molar refractivity (Wildman–Crippen MR) is 114 cm³/mol. The van der Waals surface area contributed by atoms with E-state index in [1.54, 1.807) is 12.1 Å². The lowest BCUT2D eigenvalue weighted by atomic mass is 9.93. The number of benzene rings is 1. The number of hydrogen-bond acceptors (Lipinski definition) is 2. The third-order valence-electron chi connectivity index (χ3n) is 4.29. The van der Waals surface area contributed by atoms with Crippen LogP contribution in [0.1, 0.15) is 32.8 Å². The minimum atomic E-state index is -0.292. The predicted octanol–water partition coefficient (Wildman–Crippen LogP) is 2.80.